The third-order valence-electron chi connectivity index (χ3n) is 5.84. The van der Waals surface area contributed by atoms with E-state index in [0.717, 1.165) is 37.4 Å². The van der Waals surface area contributed by atoms with Crippen molar-refractivity contribution in [2.45, 2.75) is 32.2 Å². The van der Waals surface area contributed by atoms with E-state index in [1.165, 1.54) is 19.3 Å². The molecular formula is C21H26N6O. The van der Waals surface area contributed by atoms with Gasteiger partial charge < -0.3 is 10.2 Å². The van der Waals surface area contributed by atoms with Crippen molar-refractivity contribution >= 4 is 22.6 Å². The van der Waals surface area contributed by atoms with Gasteiger partial charge in [-0.1, -0.05) is 13.3 Å². The molecule has 2 saturated heterocycles. The number of piperidine rings is 1. The van der Waals surface area contributed by atoms with Crippen LogP contribution in [0.4, 0.5) is 5.69 Å². The van der Waals surface area contributed by atoms with Gasteiger partial charge in [0, 0.05) is 25.5 Å². The van der Waals surface area contributed by atoms with Crippen molar-refractivity contribution in [2.24, 2.45) is 5.92 Å². The van der Waals surface area contributed by atoms with E-state index in [4.69, 9.17) is 0 Å². The second kappa shape index (κ2) is 8.11. The first kappa shape index (κ1) is 18.6. The molecule has 2 aromatic rings. The number of nitrogens with zero attached hydrogens (tertiary/aromatic N) is 5. The van der Waals surface area contributed by atoms with E-state index in [-0.39, 0.29) is 11.9 Å². The Balaban J connectivity index is 1.46. The smallest absolute Gasteiger partial charge is 0.234 e. The zero-order valence-electron chi connectivity index (χ0n) is 16.3. The van der Waals surface area contributed by atoms with E-state index in [1.807, 2.05) is 6.07 Å². The fourth-order valence-electron chi connectivity index (χ4n) is 4.31. The van der Waals surface area contributed by atoms with Gasteiger partial charge in [0.15, 0.2) is 0 Å². The summed E-state index contributed by atoms with van der Waals surface area (Å²) in [7, 11) is 0. The number of rotatable bonds is 4. The molecule has 1 aromatic carbocycles. The van der Waals surface area contributed by atoms with Crippen LogP contribution in [-0.4, -0.2) is 59.5 Å². The Morgan fingerprint density at radius 1 is 1.18 bits per heavy atom. The molecule has 1 N–H and O–H groups in total. The van der Waals surface area contributed by atoms with Crippen molar-refractivity contribution in [3.63, 3.8) is 0 Å². The molecule has 7 nitrogen and oxygen atoms in total. The number of nitriles is 1. The van der Waals surface area contributed by atoms with Gasteiger partial charge >= 0.3 is 0 Å². The molecule has 28 heavy (non-hydrogen) atoms. The quantitative estimate of drug-likeness (QED) is 0.875. The molecule has 2 fully saturated rings. The van der Waals surface area contributed by atoms with Crippen molar-refractivity contribution in [3.05, 3.63) is 30.1 Å². The first-order valence-corrected chi connectivity index (χ1v) is 10.1. The molecule has 2 aliphatic rings. The standard InChI is InChI=1S/C21H26N6O/c1-15-12-27(13-17(15)25-19(28)14-26-9-3-2-4-10-26)18-6-5-16(11-22)20-21(18)24-8-7-23-20/h5-8,15,17H,2-4,9-10,12-14H2,1H3,(H,25,28)/t15-,17+/m1/s1. The second-order valence-electron chi connectivity index (χ2n) is 7.89. The van der Waals surface area contributed by atoms with E-state index in [0.29, 0.717) is 23.5 Å². The number of hydrogen-bond donors (Lipinski definition) is 1. The fraction of sp³-hybridized carbons (Fsp3) is 0.524. The highest BCUT2D eigenvalue weighted by Crippen LogP contribution is 2.30. The first-order valence-electron chi connectivity index (χ1n) is 10.1. The Kier molecular flexibility index (Phi) is 5.40. The topological polar surface area (TPSA) is 85.1 Å². The minimum absolute atomic E-state index is 0.111. The third-order valence-corrected chi connectivity index (χ3v) is 5.84. The van der Waals surface area contributed by atoms with Crippen LogP contribution in [0.2, 0.25) is 0 Å². The van der Waals surface area contributed by atoms with E-state index < -0.39 is 0 Å². The Morgan fingerprint density at radius 2 is 1.93 bits per heavy atom. The lowest BCUT2D eigenvalue weighted by molar-refractivity contribution is -0.123. The lowest BCUT2D eigenvalue weighted by Gasteiger charge is -2.27. The number of nitrogens with one attached hydrogen (secondary N) is 1. The van der Waals surface area contributed by atoms with Crippen LogP contribution in [0.25, 0.3) is 11.0 Å². The summed E-state index contributed by atoms with van der Waals surface area (Å²) < 4.78 is 0. The van der Waals surface area contributed by atoms with Gasteiger partial charge in [-0.25, -0.2) is 0 Å². The molecule has 0 bridgehead atoms. The van der Waals surface area contributed by atoms with Gasteiger partial charge in [-0.15, -0.1) is 0 Å². The number of likely N-dealkylation sites (tertiary alicyclic amines) is 1. The molecule has 2 atom stereocenters. The molecule has 146 valence electrons. The zero-order chi connectivity index (χ0) is 19.5. The second-order valence-corrected chi connectivity index (χ2v) is 7.89. The van der Waals surface area contributed by atoms with E-state index in [1.54, 1.807) is 18.5 Å². The fourth-order valence-corrected chi connectivity index (χ4v) is 4.31. The average Bonchev–Trinajstić information content (AvgIpc) is 3.07. The average molecular weight is 378 g/mol. The van der Waals surface area contributed by atoms with Crippen molar-refractivity contribution in [1.29, 1.82) is 5.26 Å². The Bertz CT molecular complexity index is 901. The summed E-state index contributed by atoms with van der Waals surface area (Å²) in [6.07, 6.45) is 6.92. The van der Waals surface area contributed by atoms with Gasteiger partial charge in [0.2, 0.25) is 5.91 Å². The summed E-state index contributed by atoms with van der Waals surface area (Å²) in [6.45, 7) is 6.29. The van der Waals surface area contributed by atoms with Gasteiger partial charge in [0.25, 0.3) is 0 Å². The molecule has 0 aliphatic carbocycles. The maximum atomic E-state index is 12.5. The number of amides is 1. The third kappa shape index (κ3) is 3.78. The van der Waals surface area contributed by atoms with Gasteiger partial charge in [-0.3, -0.25) is 19.7 Å². The van der Waals surface area contributed by atoms with E-state index in [2.05, 4.69) is 38.1 Å². The number of fused-ring (bicyclic) bond motifs is 1. The van der Waals surface area contributed by atoms with Crippen LogP contribution in [-0.2, 0) is 4.79 Å². The Labute approximate surface area is 165 Å². The lowest BCUT2D eigenvalue weighted by atomic mass is 10.1. The monoisotopic (exact) mass is 378 g/mol. The molecule has 0 radical (unpaired) electrons. The van der Waals surface area contributed by atoms with Crippen molar-refractivity contribution < 1.29 is 4.79 Å². The van der Waals surface area contributed by atoms with Crippen LogP contribution < -0.4 is 10.2 Å². The number of hydrogen-bond acceptors (Lipinski definition) is 6. The maximum absolute atomic E-state index is 12.5. The molecule has 4 rings (SSSR count). The Morgan fingerprint density at radius 3 is 2.68 bits per heavy atom. The molecule has 0 spiro atoms. The summed E-state index contributed by atoms with van der Waals surface area (Å²) >= 11 is 0. The highest BCUT2D eigenvalue weighted by molar-refractivity contribution is 5.92. The van der Waals surface area contributed by atoms with Crippen LogP contribution in [0.15, 0.2) is 24.5 Å². The predicted molar refractivity (Wildman–Crippen MR) is 108 cm³/mol. The van der Waals surface area contributed by atoms with E-state index in [9.17, 15) is 10.1 Å². The normalized spacial score (nSPS) is 22.9. The Hall–Kier alpha value is -2.72. The van der Waals surface area contributed by atoms with Crippen LogP contribution in [0.1, 0.15) is 31.7 Å². The first-order chi connectivity index (χ1) is 13.7. The van der Waals surface area contributed by atoms with Crippen LogP contribution in [0, 0.1) is 17.2 Å². The molecule has 2 aliphatic heterocycles. The number of carbonyl (C=O) groups is 1. The molecule has 0 saturated carbocycles. The number of aromatic nitrogens is 2. The maximum Gasteiger partial charge on any atom is 0.234 e. The van der Waals surface area contributed by atoms with Crippen molar-refractivity contribution in [2.75, 3.05) is 37.6 Å². The number of carbonyl (C=O) groups excluding carboxylic acids is 1. The minimum Gasteiger partial charge on any atom is -0.367 e. The van der Waals surface area contributed by atoms with Crippen LogP contribution in [0.3, 0.4) is 0 Å². The van der Waals surface area contributed by atoms with Gasteiger partial charge in [0.1, 0.15) is 17.1 Å². The summed E-state index contributed by atoms with van der Waals surface area (Å²) in [5.74, 6) is 0.456. The minimum atomic E-state index is 0.111. The zero-order valence-corrected chi connectivity index (χ0v) is 16.3. The molecular weight excluding hydrogens is 352 g/mol. The molecule has 1 aromatic heterocycles. The van der Waals surface area contributed by atoms with Gasteiger partial charge in [-0.05, 0) is 44.0 Å². The van der Waals surface area contributed by atoms with Crippen LogP contribution in [0.5, 0.6) is 0 Å². The largest absolute Gasteiger partial charge is 0.367 e. The van der Waals surface area contributed by atoms with Crippen LogP contribution >= 0.6 is 0 Å². The lowest BCUT2D eigenvalue weighted by Crippen LogP contribution is -2.46. The summed E-state index contributed by atoms with van der Waals surface area (Å²) in [5, 5.41) is 12.6. The van der Waals surface area contributed by atoms with Crippen molar-refractivity contribution in [1.82, 2.24) is 20.2 Å². The molecule has 7 heteroatoms. The number of anilines is 1. The van der Waals surface area contributed by atoms with Gasteiger partial charge in [0.05, 0.1) is 23.8 Å². The number of benzene rings is 1. The molecule has 3 heterocycles. The molecule has 0 unspecified atom stereocenters. The molecule has 1 amide bonds. The van der Waals surface area contributed by atoms with Crippen molar-refractivity contribution in [3.8, 4) is 6.07 Å². The van der Waals surface area contributed by atoms with E-state index >= 15 is 0 Å². The summed E-state index contributed by atoms with van der Waals surface area (Å²) in [5.41, 5.74) is 2.88. The summed E-state index contributed by atoms with van der Waals surface area (Å²) in [4.78, 5) is 25.8. The SMILES string of the molecule is C[C@@H]1CN(c2ccc(C#N)c3nccnc23)C[C@@H]1NC(=O)CN1CCCCC1. The highest BCUT2D eigenvalue weighted by Gasteiger charge is 2.32. The predicted octanol–water partition coefficient (Wildman–Crippen LogP) is 1.93. The highest BCUT2D eigenvalue weighted by atomic mass is 16.2. The summed E-state index contributed by atoms with van der Waals surface area (Å²) in [6, 6.07) is 6.05. The van der Waals surface area contributed by atoms with Gasteiger partial charge in [-0.2, -0.15) is 5.26 Å².